The molecule has 6 nitrogen and oxygen atoms in total. The van der Waals surface area contributed by atoms with Crippen LogP contribution in [0.1, 0.15) is 29.5 Å². The van der Waals surface area contributed by atoms with Crippen LogP contribution in [-0.4, -0.2) is 62.2 Å². The Labute approximate surface area is 184 Å². The van der Waals surface area contributed by atoms with E-state index in [2.05, 4.69) is 17.0 Å². The fraction of sp³-hybridized carbons (Fsp3) is 0.480. The summed E-state index contributed by atoms with van der Waals surface area (Å²) >= 11 is 0. The zero-order valence-corrected chi connectivity index (χ0v) is 18.5. The maximum absolute atomic E-state index is 12.9. The lowest BCUT2D eigenvalue weighted by molar-refractivity contribution is -0.134. The number of hydrogen-bond acceptors (Lipinski definition) is 5. The monoisotopic (exact) mass is 424 g/mol. The summed E-state index contributed by atoms with van der Waals surface area (Å²) in [6.07, 6.45) is 3.06. The second-order valence-electron chi connectivity index (χ2n) is 8.31. The largest absolute Gasteiger partial charge is 0.493 e. The quantitative estimate of drug-likeness (QED) is 0.683. The number of benzene rings is 2. The van der Waals surface area contributed by atoms with Crippen LogP contribution in [0.3, 0.4) is 0 Å². The minimum absolute atomic E-state index is 0.198. The van der Waals surface area contributed by atoms with Gasteiger partial charge in [-0.15, -0.1) is 0 Å². The molecule has 166 valence electrons. The van der Waals surface area contributed by atoms with Gasteiger partial charge in [0.25, 0.3) is 0 Å². The number of nitrogens with zero attached hydrogens (tertiary/aromatic N) is 2. The van der Waals surface area contributed by atoms with Gasteiger partial charge in [-0.05, 0) is 48.1 Å². The summed E-state index contributed by atoms with van der Waals surface area (Å²) in [7, 11) is 3.29. The Bertz CT molecular complexity index is 879. The second kappa shape index (κ2) is 10.2. The van der Waals surface area contributed by atoms with Crippen LogP contribution < -0.4 is 9.47 Å². The summed E-state index contributed by atoms with van der Waals surface area (Å²) in [6, 6.07) is 14.3. The van der Waals surface area contributed by atoms with Crippen LogP contribution in [0.15, 0.2) is 42.5 Å². The van der Waals surface area contributed by atoms with E-state index in [0.717, 1.165) is 50.2 Å². The minimum atomic E-state index is 0.198. The molecule has 1 amide bonds. The second-order valence-corrected chi connectivity index (χ2v) is 8.31. The molecule has 0 unspecified atom stereocenters. The van der Waals surface area contributed by atoms with Gasteiger partial charge in [0.1, 0.15) is 0 Å². The zero-order chi connectivity index (χ0) is 21.6. The van der Waals surface area contributed by atoms with Crippen LogP contribution in [0.2, 0.25) is 0 Å². The van der Waals surface area contributed by atoms with E-state index < -0.39 is 0 Å². The van der Waals surface area contributed by atoms with Crippen molar-refractivity contribution in [2.24, 2.45) is 0 Å². The van der Waals surface area contributed by atoms with Gasteiger partial charge in [-0.3, -0.25) is 9.69 Å². The molecule has 6 heteroatoms. The molecule has 31 heavy (non-hydrogen) atoms. The molecule has 1 fully saturated rings. The lowest BCUT2D eigenvalue weighted by Crippen LogP contribution is -2.45. The molecule has 0 N–H and O–H groups in total. The van der Waals surface area contributed by atoms with E-state index in [0.29, 0.717) is 25.4 Å². The molecule has 2 heterocycles. The van der Waals surface area contributed by atoms with Gasteiger partial charge < -0.3 is 19.1 Å². The van der Waals surface area contributed by atoms with Crippen molar-refractivity contribution in [2.45, 2.75) is 38.5 Å². The van der Waals surface area contributed by atoms with Gasteiger partial charge in [0.2, 0.25) is 5.91 Å². The van der Waals surface area contributed by atoms with Crippen molar-refractivity contribution in [1.82, 2.24) is 9.80 Å². The SMILES string of the molecule is COc1cc2c(cc1OC)CN(C(=O)CN1CCC(OCc3ccccc3)CC1)CC2. The molecule has 2 aromatic rings. The zero-order valence-electron chi connectivity index (χ0n) is 18.5. The van der Waals surface area contributed by atoms with Crippen LogP contribution in [-0.2, 0) is 29.1 Å². The first-order valence-electron chi connectivity index (χ1n) is 11.1. The highest BCUT2D eigenvalue weighted by Crippen LogP contribution is 2.33. The van der Waals surface area contributed by atoms with Crippen molar-refractivity contribution < 1.29 is 19.0 Å². The molecule has 4 rings (SSSR count). The van der Waals surface area contributed by atoms with E-state index in [9.17, 15) is 4.79 Å². The number of amides is 1. The molecule has 0 aromatic heterocycles. The van der Waals surface area contributed by atoms with Gasteiger partial charge in [-0.25, -0.2) is 0 Å². The number of fused-ring (bicyclic) bond motifs is 1. The highest BCUT2D eigenvalue weighted by atomic mass is 16.5. The minimum Gasteiger partial charge on any atom is -0.493 e. The molecule has 1 saturated heterocycles. The van der Waals surface area contributed by atoms with E-state index in [1.807, 2.05) is 35.2 Å². The number of carbonyl (C=O) groups excluding carboxylic acids is 1. The number of carbonyl (C=O) groups is 1. The summed E-state index contributed by atoms with van der Waals surface area (Å²) in [5.74, 6) is 1.66. The summed E-state index contributed by atoms with van der Waals surface area (Å²) < 4.78 is 16.9. The molecular formula is C25H32N2O4. The molecule has 0 saturated carbocycles. The Morgan fingerprint density at radius 2 is 1.65 bits per heavy atom. The van der Waals surface area contributed by atoms with Gasteiger partial charge in [-0.1, -0.05) is 30.3 Å². The van der Waals surface area contributed by atoms with E-state index >= 15 is 0 Å². The molecule has 0 spiro atoms. The van der Waals surface area contributed by atoms with Gasteiger partial charge in [0, 0.05) is 26.2 Å². The first kappa shape index (κ1) is 21.7. The van der Waals surface area contributed by atoms with Crippen molar-refractivity contribution in [2.75, 3.05) is 40.4 Å². The van der Waals surface area contributed by atoms with E-state index in [1.54, 1.807) is 14.2 Å². The maximum atomic E-state index is 12.9. The molecule has 0 atom stereocenters. The van der Waals surface area contributed by atoms with Crippen molar-refractivity contribution in [3.63, 3.8) is 0 Å². The molecule has 2 aliphatic rings. The maximum Gasteiger partial charge on any atom is 0.237 e. The third kappa shape index (κ3) is 5.38. The Balaban J connectivity index is 1.25. The molecular weight excluding hydrogens is 392 g/mol. The molecule has 2 aliphatic heterocycles. The average molecular weight is 425 g/mol. The Kier molecular flexibility index (Phi) is 7.10. The fourth-order valence-electron chi connectivity index (χ4n) is 4.41. The van der Waals surface area contributed by atoms with Gasteiger partial charge in [0.05, 0.1) is 33.5 Å². The predicted molar refractivity (Wildman–Crippen MR) is 119 cm³/mol. The third-order valence-corrected chi connectivity index (χ3v) is 6.29. The average Bonchev–Trinajstić information content (AvgIpc) is 2.83. The van der Waals surface area contributed by atoms with Crippen LogP contribution in [0.4, 0.5) is 0 Å². The number of methoxy groups -OCH3 is 2. The number of rotatable bonds is 7. The van der Waals surface area contributed by atoms with E-state index in [4.69, 9.17) is 14.2 Å². The number of likely N-dealkylation sites (tertiary alicyclic amines) is 1. The van der Waals surface area contributed by atoms with Crippen molar-refractivity contribution in [3.8, 4) is 11.5 Å². The highest BCUT2D eigenvalue weighted by Gasteiger charge is 2.26. The molecule has 2 aromatic carbocycles. The van der Waals surface area contributed by atoms with Crippen LogP contribution in [0.25, 0.3) is 0 Å². The first-order chi connectivity index (χ1) is 15.2. The van der Waals surface area contributed by atoms with Gasteiger partial charge >= 0.3 is 0 Å². The van der Waals surface area contributed by atoms with Crippen LogP contribution >= 0.6 is 0 Å². The number of ether oxygens (including phenoxy) is 3. The topological polar surface area (TPSA) is 51.2 Å². The van der Waals surface area contributed by atoms with Crippen molar-refractivity contribution >= 4 is 5.91 Å². The summed E-state index contributed by atoms with van der Waals surface area (Å²) in [4.78, 5) is 17.2. The lowest BCUT2D eigenvalue weighted by atomic mass is 9.98. The van der Waals surface area contributed by atoms with E-state index in [-0.39, 0.29) is 12.0 Å². The van der Waals surface area contributed by atoms with Crippen molar-refractivity contribution in [3.05, 3.63) is 59.2 Å². The lowest BCUT2D eigenvalue weighted by Gasteiger charge is -2.34. The third-order valence-electron chi connectivity index (χ3n) is 6.29. The van der Waals surface area contributed by atoms with Crippen molar-refractivity contribution in [1.29, 1.82) is 0 Å². The van der Waals surface area contributed by atoms with Gasteiger partial charge in [0.15, 0.2) is 11.5 Å². The first-order valence-corrected chi connectivity index (χ1v) is 11.1. The molecule has 0 aliphatic carbocycles. The standard InChI is InChI=1S/C25H32N2O4/c1-29-23-14-20-8-13-27(16-21(20)15-24(23)30-2)25(28)17-26-11-9-22(10-12-26)31-18-19-6-4-3-5-7-19/h3-7,14-15,22H,8-13,16-18H2,1-2H3. The normalized spacial score (nSPS) is 17.3. The highest BCUT2D eigenvalue weighted by molar-refractivity contribution is 5.78. The summed E-state index contributed by atoms with van der Waals surface area (Å²) in [5.41, 5.74) is 3.59. The molecule has 0 radical (unpaired) electrons. The number of hydrogen-bond donors (Lipinski definition) is 0. The Morgan fingerprint density at radius 1 is 0.968 bits per heavy atom. The van der Waals surface area contributed by atoms with Crippen LogP contribution in [0.5, 0.6) is 11.5 Å². The van der Waals surface area contributed by atoms with Gasteiger partial charge in [-0.2, -0.15) is 0 Å². The molecule has 0 bridgehead atoms. The Morgan fingerprint density at radius 3 is 2.32 bits per heavy atom. The smallest absolute Gasteiger partial charge is 0.237 e. The summed E-state index contributed by atoms with van der Waals surface area (Å²) in [5, 5.41) is 0. The predicted octanol–water partition coefficient (Wildman–Crippen LogP) is 3.27. The summed E-state index contributed by atoms with van der Waals surface area (Å²) in [6.45, 7) is 4.32. The van der Waals surface area contributed by atoms with E-state index in [1.165, 1.54) is 11.1 Å². The Hall–Kier alpha value is -2.57. The number of piperidine rings is 1. The fourth-order valence-corrected chi connectivity index (χ4v) is 4.41. The van der Waals surface area contributed by atoms with Crippen LogP contribution in [0, 0.1) is 0 Å².